The molecule has 0 radical (unpaired) electrons. The third-order valence-corrected chi connectivity index (χ3v) is 3.05. The number of rotatable bonds is 2. The van der Waals surface area contributed by atoms with E-state index < -0.39 is 11.7 Å². The van der Waals surface area contributed by atoms with Crippen LogP contribution in [0.4, 0.5) is 13.2 Å². The number of hydrogen-bond donors (Lipinski definition) is 2. The molecule has 3 N–H and O–H groups in total. The van der Waals surface area contributed by atoms with Gasteiger partial charge in [0.2, 0.25) is 0 Å². The van der Waals surface area contributed by atoms with Crippen molar-refractivity contribution < 1.29 is 14.6 Å². The molecule has 1 rings (SSSR count). The van der Waals surface area contributed by atoms with Crippen molar-refractivity contribution in [2.45, 2.75) is 63.3 Å². The predicted octanol–water partition coefficient (Wildman–Crippen LogP) is 2.43. The van der Waals surface area contributed by atoms with Gasteiger partial charge in [0.1, 0.15) is 5.54 Å². The SMILES string of the molecule is CC(C)(NC1CCC(N)CC1)C(F)(F)F.[HH]. The Kier molecular flexibility index (Phi) is 3.66. The molecule has 1 fully saturated rings. The average Bonchev–Trinajstić information content (AvgIpc) is 2.06. The maximum atomic E-state index is 12.6. The van der Waals surface area contributed by atoms with Crippen molar-refractivity contribution in [1.29, 1.82) is 0 Å². The van der Waals surface area contributed by atoms with Crippen molar-refractivity contribution in [3.05, 3.63) is 0 Å². The lowest BCUT2D eigenvalue weighted by atomic mass is 9.89. The highest BCUT2D eigenvalue weighted by atomic mass is 19.4. The molecule has 0 unspecified atom stereocenters. The van der Waals surface area contributed by atoms with Crippen LogP contribution in [0.2, 0.25) is 0 Å². The molecule has 15 heavy (non-hydrogen) atoms. The smallest absolute Gasteiger partial charge is 0.328 e. The Morgan fingerprint density at radius 3 is 2.00 bits per heavy atom. The standard InChI is InChI=1S/C10H19F3N2.H2/c1-9(2,10(11,12)13)15-8-5-3-7(14)4-6-8;/h7-8,15H,3-6,14H2,1-2H3;1H. The lowest BCUT2D eigenvalue weighted by Crippen LogP contribution is -2.56. The molecule has 2 nitrogen and oxygen atoms in total. The number of nitrogens with two attached hydrogens (primary N) is 1. The molecule has 0 aromatic rings. The lowest BCUT2D eigenvalue weighted by molar-refractivity contribution is -0.188. The van der Waals surface area contributed by atoms with Crippen LogP contribution >= 0.6 is 0 Å². The van der Waals surface area contributed by atoms with Gasteiger partial charge in [0.05, 0.1) is 0 Å². The van der Waals surface area contributed by atoms with Crippen molar-refractivity contribution in [2.24, 2.45) is 5.73 Å². The van der Waals surface area contributed by atoms with Gasteiger partial charge in [-0.1, -0.05) is 0 Å². The summed E-state index contributed by atoms with van der Waals surface area (Å²) in [6.07, 6.45) is -1.11. The predicted molar refractivity (Wildman–Crippen MR) is 55.6 cm³/mol. The highest BCUT2D eigenvalue weighted by Crippen LogP contribution is 2.31. The molecule has 92 valence electrons. The third kappa shape index (κ3) is 3.34. The van der Waals surface area contributed by atoms with Gasteiger partial charge in [-0.2, -0.15) is 13.2 Å². The molecule has 1 aliphatic rings. The van der Waals surface area contributed by atoms with Gasteiger partial charge in [0.25, 0.3) is 0 Å². The van der Waals surface area contributed by atoms with Crippen LogP contribution in [0, 0.1) is 0 Å². The monoisotopic (exact) mass is 226 g/mol. The summed E-state index contributed by atoms with van der Waals surface area (Å²) in [6.45, 7) is 2.36. The summed E-state index contributed by atoms with van der Waals surface area (Å²) in [6, 6.07) is 0.110. The molecule has 0 aromatic carbocycles. The highest BCUT2D eigenvalue weighted by Gasteiger charge is 2.48. The molecule has 0 spiro atoms. The zero-order valence-corrected chi connectivity index (χ0v) is 9.19. The zero-order valence-electron chi connectivity index (χ0n) is 9.19. The molecular weight excluding hydrogens is 205 g/mol. The van der Waals surface area contributed by atoms with Crippen molar-refractivity contribution in [1.82, 2.24) is 5.32 Å². The van der Waals surface area contributed by atoms with Crippen molar-refractivity contribution in [3.63, 3.8) is 0 Å². The molecule has 0 saturated heterocycles. The summed E-state index contributed by atoms with van der Waals surface area (Å²) >= 11 is 0. The van der Waals surface area contributed by atoms with E-state index >= 15 is 0 Å². The van der Waals surface area contributed by atoms with Crippen LogP contribution in [0.3, 0.4) is 0 Å². The molecule has 0 bridgehead atoms. The summed E-state index contributed by atoms with van der Waals surface area (Å²) < 4.78 is 37.7. The van der Waals surface area contributed by atoms with E-state index in [9.17, 15) is 13.2 Å². The first-order chi connectivity index (χ1) is 6.72. The summed E-state index contributed by atoms with van der Waals surface area (Å²) in [5.74, 6) is 0. The zero-order chi connectivity index (χ0) is 11.7. The van der Waals surface area contributed by atoms with Gasteiger partial charge < -0.3 is 11.1 Å². The second-order valence-corrected chi connectivity index (χ2v) is 4.88. The molecule has 0 atom stereocenters. The van der Waals surface area contributed by atoms with Crippen LogP contribution in [0.15, 0.2) is 0 Å². The van der Waals surface area contributed by atoms with E-state index in [-0.39, 0.29) is 13.5 Å². The van der Waals surface area contributed by atoms with E-state index in [0.717, 1.165) is 25.7 Å². The Labute approximate surface area is 89.9 Å². The molecule has 1 saturated carbocycles. The quantitative estimate of drug-likeness (QED) is 0.759. The first-order valence-corrected chi connectivity index (χ1v) is 5.32. The Bertz CT molecular complexity index is 211. The van der Waals surface area contributed by atoms with Gasteiger partial charge in [-0.3, -0.25) is 0 Å². The molecule has 1 aliphatic carbocycles. The first kappa shape index (κ1) is 12.8. The molecule has 0 aliphatic heterocycles. The maximum Gasteiger partial charge on any atom is 0.406 e. The van der Waals surface area contributed by atoms with Crippen LogP contribution in [0.5, 0.6) is 0 Å². The maximum absolute atomic E-state index is 12.6. The largest absolute Gasteiger partial charge is 0.406 e. The van der Waals surface area contributed by atoms with Gasteiger partial charge in [-0.05, 0) is 39.5 Å². The van der Waals surface area contributed by atoms with E-state index in [4.69, 9.17) is 5.73 Å². The Balaban J connectivity index is 0.00000225. The number of halogens is 3. The summed E-state index contributed by atoms with van der Waals surface area (Å²) in [5.41, 5.74) is 3.89. The normalized spacial score (nSPS) is 29.2. The fraction of sp³-hybridized carbons (Fsp3) is 1.00. The first-order valence-electron chi connectivity index (χ1n) is 5.32. The molecular formula is C10H21F3N2. The Morgan fingerprint density at radius 1 is 1.13 bits per heavy atom. The number of alkyl halides is 3. The van der Waals surface area contributed by atoms with Crippen molar-refractivity contribution in [3.8, 4) is 0 Å². The van der Waals surface area contributed by atoms with Gasteiger partial charge in [-0.25, -0.2) is 0 Å². The van der Waals surface area contributed by atoms with Gasteiger partial charge >= 0.3 is 6.18 Å². The van der Waals surface area contributed by atoms with E-state index in [1.165, 1.54) is 13.8 Å². The van der Waals surface area contributed by atoms with E-state index in [1.54, 1.807) is 0 Å². The van der Waals surface area contributed by atoms with Gasteiger partial charge in [0.15, 0.2) is 0 Å². The summed E-state index contributed by atoms with van der Waals surface area (Å²) in [5, 5.41) is 2.68. The summed E-state index contributed by atoms with van der Waals surface area (Å²) in [4.78, 5) is 0. The molecule has 0 aromatic heterocycles. The highest BCUT2D eigenvalue weighted by molar-refractivity contribution is 4.91. The number of nitrogens with one attached hydrogen (secondary N) is 1. The minimum absolute atomic E-state index is 0. The van der Waals surface area contributed by atoms with E-state index in [1.807, 2.05) is 0 Å². The molecule has 0 amide bonds. The van der Waals surface area contributed by atoms with Crippen molar-refractivity contribution in [2.75, 3.05) is 0 Å². The van der Waals surface area contributed by atoms with E-state index in [2.05, 4.69) is 5.32 Å². The fourth-order valence-electron chi connectivity index (χ4n) is 1.86. The Hall–Kier alpha value is -0.290. The molecule has 0 heterocycles. The molecule has 5 heteroatoms. The second kappa shape index (κ2) is 4.29. The van der Waals surface area contributed by atoms with Crippen LogP contribution in [0.1, 0.15) is 41.0 Å². The van der Waals surface area contributed by atoms with Gasteiger partial charge in [-0.15, -0.1) is 0 Å². The van der Waals surface area contributed by atoms with Crippen LogP contribution < -0.4 is 11.1 Å². The fourth-order valence-corrected chi connectivity index (χ4v) is 1.86. The van der Waals surface area contributed by atoms with E-state index in [0.29, 0.717) is 0 Å². The minimum Gasteiger partial charge on any atom is -0.328 e. The van der Waals surface area contributed by atoms with Crippen molar-refractivity contribution >= 4 is 0 Å². The number of hydrogen-bond acceptors (Lipinski definition) is 2. The van der Waals surface area contributed by atoms with Crippen LogP contribution in [0.25, 0.3) is 0 Å². The third-order valence-electron chi connectivity index (χ3n) is 3.05. The van der Waals surface area contributed by atoms with Gasteiger partial charge in [0, 0.05) is 13.5 Å². The van der Waals surface area contributed by atoms with Crippen LogP contribution in [-0.4, -0.2) is 23.8 Å². The second-order valence-electron chi connectivity index (χ2n) is 4.88. The Morgan fingerprint density at radius 2 is 1.60 bits per heavy atom. The average molecular weight is 226 g/mol. The lowest BCUT2D eigenvalue weighted by Gasteiger charge is -2.36. The summed E-state index contributed by atoms with van der Waals surface area (Å²) in [7, 11) is 0. The minimum atomic E-state index is -4.20. The van der Waals surface area contributed by atoms with Crippen LogP contribution in [-0.2, 0) is 0 Å². The topological polar surface area (TPSA) is 38.0 Å².